The van der Waals surface area contributed by atoms with E-state index in [9.17, 15) is 4.79 Å². The largest absolute Gasteiger partial charge is 0.465 e. The van der Waals surface area contributed by atoms with E-state index in [4.69, 9.17) is 4.74 Å². The molecule has 116 valence electrons. The molecule has 2 rings (SSSR count). The summed E-state index contributed by atoms with van der Waals surface area (Å²) < 4.78 is 5.40. The summed E-state index contributed by atoms with van der Waals surface area (Å²) in [4.78, 5) is 14.9. The Labute approximate surface area is 123 Å². The molecule has 0 aromatic rings. The number of likely N-dealkylation sites (N-methyl/N-ethyl adjacent to an activating group) is 1. The summed E-state index contributed by atoms with van der Waals surface area (Å²) in [6, 6.07) is 0.286. The van der Waals surface area contributed by atoms with E-state index in [2.05, 4.69) is 31.1 Å². The number of nitrogens with zero attached hydrogens (tertiary/aromatic N) is 1. The average Bonchev–Trinajstić information content (AvgIpc) is 3.21. The number of esters is 1. The van der Waals surface area contributed by atoms with E-state index in [1.807, 2.05) is 6.92 Å². The van der Waals surface area contributed by atoms with Crippen LogP contribution in [-0.2, 0) is 9.53 Å². The molecule has 0 radical (unpaired) electrons. The fraction of sp³-hybridized carbons (Fsp3) is 0.938. The summed E-state index contributed by atoms with van der Waals surface area (Å²) in [7, 11) is 2.14. The Balaban J connectivity index is 2.08. The standard InChI is InChI=1S/C16H30N2O2/c1-5-20-15(19)16(14-8-9-14,17-12(2)3)11-18(4)10-13-6-7-13/h12-14,17H,5-11H2,1-4H3. The Morgan fingerprint density at radius 3 is 2.45 bits per heavy atom. The predicted molar refractivity (Wildman–Crippen MR) is 80.6 cm³/mol. The van der Waals surface area contributed by atoms with Gasteiger partial charge in [-0.3, -0.25) is 5.32 Å². The highest BCUT2D eigenvalue weighted by atomic mass is 16.5. The van der Waals surface area contributed by atoms with Gasteiger partial charge in [-0.15, -0.1) is 0 Å². The van der Waals surface area contributed by atoms with E-state index < -0.39 is 5.54 Å². The third kappa shape index (κ3) is 3.95. The Morgan fingerprint density at radius 1 is 1.35 bits per heavy atom. The van der Waals surface area contributed by atoms with Crippen LogP contribution >= 0.6 is 0 Å². The van der Waals surface area contributed by atoms with Crippen molar-refractivity contribution >= 4 is 5.97 Å². The third-order valence-electron chi connectivity index (χ3n) is 4.25. The Morgan fingerprint density at radius 2 is 2.00 bits per heavy atom. The molecule has 4 nitrogen and oxygen atoms in total. The zero-order valence-corrected chi connectivity index (χ0v) is 13.4. The van der Waals surface area contributed by atoms with E-state index >= 15 is 0 Å². The quantitative estimate of drug-likeness (QED) is 0.657. The Hall–Kier alpha value is -0.610. The number of carbonyl (C=O) groups excluding carboxylic acids is 1. The molecule has 0 spiro atoms. The topological polar surface area (TPSA) is 41.6 Å². The maximum absolute atomic E-state index is 12.6. The van der Waals surface area contributed by atoms with Gasteiger partial charge in [0.1, 0.15) is 5.54 Å². The lowest BCUT2D eigenvalue weighted by atomic mass is 9.91. The number of rotatable bonds is 9. The van der Waals surface area contributed by atoms with Crippen molar-refractivity contribution < 1.29 is 9.53 Å². The first-order valence-corrected chi connectivity index (χ1v) is 8.11. The van der Waals surface area contributed by atoms with Crippen LogP contribution < -0.4 is 5.32 Å². The maximum Gasteiger partial charge on any atom is 0.327 e. The van der Waals surface area contributed by atoms with Crippen molar-refractivity contribution in [1.29, 1.82) is 0 Å². The third-order valence-corrected chi connectivity index (χ3v) is 4.25. The molecule has 0 heterocycles. The van der Waals surface area contributed by atoms with Crippen LogP contribution in [0.25, 0.3) is 0 Å². The summed E-state index contributed by atoms with van der Waals surface area (Å²) in [5.74, 6) is 1.22. The second-order valence-electron chi connectivity index (χ2n) is 6.91. The molecular formula is C16H30N2O2. The zero-order valence-electron chi connectivity index (χ0n) is 13.4. The molecule has 2 fully saturated rings. The van der Waals surface area contributed by atoms with Gasteiger partial charge in [-0.25, -0.2) is 4.79 Å². The minimum atomic E-state index is -0.506. The summed E-state index contributed by atoms with van der Waals surface area (Å²) in [6.07, 6.45) is 4.96. The second-order valence-corrected chi connectivity index (χ2v) is 6.91. The summed E-state index contributed by atoms with van der Waals surface area (Å²) in [5.41, 5.74) is -0.506. The summed E-state index contributed by atoms with van der Waals surface area (Å²) in [5, 5.41) is 3.55. The highest BCUT2D eigenvalue weighted by Gasteiger charge is 2.52. The molecule has 2 saturated carbocycles. The van der Waals surface area contributed by atoms with Gasteiger partial charge < -0.3 is 9.64 Å². The van der Waals surface area contributed by atoms with Crippen molar-refractivity contribution in [2.24, 2.45) is 11.8 Å². The van der Waals surface area contributed by atoms with E-state index in [0.717, 1.165) is 31.8 Å². The van der Waals surface area contributed by atoms with Crippen LogP contribution in [0.4, 0.5) is 0 Å². The summed E-state index contributed by atoms with van der Waals surface area (Å²) >= 11 is 0. The van der Waals surface area contributed by atoms with Crippen LogP contribution in [-0.4, -0.2) is 49.2 Å². The monoisotopic (exact) mass is 282 g/mol. The minimum Gasteiger partial charge on any atom is -0.465 e. The zero-order chi connectivity index (χ0) is 14.8. The number of nitrogens with one attached hydrogen (secondary N) is 1. The van der Waals surface area contributed by atoms with Crippen molar-refractivity contribution in [3.05, 3.63) is 0 Å². The Kier molecular flexibility index (Phi) is 5.08. The van der Waals surface area contributed by atoms with Crippen molar-refractivity contribution in [3.63, 3.8) is 0 Å². The lowest BCUT2D eigenvalue weighted by Gasteiger charge is -2.37. The predicted octanol–water partition coefficient (Wildman–Crippen LogP) is 2.04. The molecule has 0 bridgehead atoms. The van der Waals surface area contributed by atoms with Gasteiger partial charge in [-0.1, -0.05) is 0 Å². The Bertz CT molecular complexity index is 337. The van der Waals surface area contributed by atoms with Crippen LogP contribution in [0.1, 0.15) is 46.5 Å². The van der Waals surface area contributed by atoms with E-state index in [1.54, 1.807) is 0 Å². The fourth-order valence-corrected chi connectivity index (χ4v) is 3.17. The average molecular weight is 282 g/mol. The van der Waals surface area contributed by atoms with Crippen molar-refractivity contribution in [2.75, 3.05) is 26.7 Å². The lowest BCUT2D eigenvalue weighted by Crippen LogP contribution is -2.62. The molecule has 4 heteroatoms. The van der Waals surface area contributed by atoms with Crippen molar-refractivity contribution in [2.45, 2.75) is 58.0 Å². The first kappa shape index (κ1) is 15.8. The van der Waals surface area contributed by atoms with Crippen LogP contribution in [0.3, 0.4) is 0 Å². The molecular weight excluding hydrogens is 252 g/mol. The van der Waals surface area contributed by atoms with Crippen molar-refractivity contribution in [1.82, 2.24) is 10.2 Å². The van der Waals surface area contributed by atoms with Gasteiger partial charge in [0.15, 0.2) is 0 Å². The van der Waals surface area contributed by atoms with E-state index in [-0.39, 0.29) is 12.0 Å². The van der Waals surface area contributed by atoms with Crippen molar-refractivity contribution in [3.8, 4) is 0 Å². The molecule has 1 unspecified atom stereocenters. The molecule has 0 aromatic carbocycles. The highest BCUT2D eigenvalue weighted by Crippen LogP contribution is 2.41. The molecule has 20 heavy (non-hydrogen) atoms. The van der Waals surface area contributed by atoms with Crippen LogP contribution in [0.2, 0.25) is 0 Å². The van der Waals surface area contributed by atoms with Gasteiger partial charge in [0.2, 0.25) is 0 Å². The van der Waals surface area contributed by atoms with Crippen LogP contribution in [0.15, 0.2) is 0 Å². The van der Waals surface area contributed by atoms with Gasteiger partial charge in [0, 0.05) is 19.1 Å². The SMILES string of the molecule is CCOC(=O)C(CN(C)CC1CC1)(NC(C)C)C1CC1. The smallest absolute Gasteiger partial charge is 0.327 e. The number of hydrogen-bond acceptors (Lipinski definition) is 4. The molecule has 1 N–H and O–H groups in total. The highest BCUT2D eigenvalue weighted by molar-refractivity contribution is 5.82. The molecule has 0 saturated heterocycles. The normalized spacial score (nSPS) is 22.1. The first-order valence-electron chi connectivity index (χ1n) is 8.11. The number of hydrogen-bond donors (Lipinski definition) is 1. The molecule has 2 aliphatic carbocycles. The number of carbonyl (C=O) groups is 1. The molecule has 0 amide bonds. The fourth-order valence-electron chi connectivity index (χ4n) is 3.17. The van der Waals surface area contributed by atoms with Gasteiger partial charge in [0.25, 0.3) is 0 Å². The van der Waals surface area contributed by atoms with E-state index in [0.29, 0.717) is 12.5 Å². The maximum atomic E-state index is 12.6. The molecule has 2 aliphatic rings. The van der Waals surface area contributed by atoms with Gasteiger partial charge >= 0.3 is 5.97 Å². The van der Waals surface area contributed by atoms with Gasteiger partial charge in [0.05, 0.1) is 6.61 Å². The lowest BCUT2D eigenvalue weighted by molar-refractivity contribution is -0.153. The molecule has 0 aliphatic heterocycles. The second kappa shape index (κ2) is 6.44. The molecule has 0 aromatic heterocycles. The van der Waals surface area contributed by atoms with Crippen LogP contribution in [0, 0.1) is 11.8 Å². The van der Waals surface area contributed by atoms with Crippen LogP contribution in [0.5, 0.6) is 0 Å². The van der Waals surface area contributed by atoms with Gasteiger partial charge in [-0.2, -0.15) is 0 Å². The van der Waals surface area contributed by atoms with Gasteiger partial charge in [-0.05, 0) is 65.3 Å². The first-order chi connectivity index (χ1) is 9.48. The van der Waals surface area contributed by atoms with E-state index in [1.165, 1.54) is 12.8 Å². The number of ether oxygens (including phenoxy) is 1. The summed E-state index contributed by atoms with van der Waals surface area (Å²) in [6.45, 7) is 8.44. The minimum absolute atomic E-state index is 0.0566. The molecule has 1 atom stereocenters.